The predicted octanol–water partition coefficient (Wildman–Crippen LogP) is 2.93. The van der Waals surface area contributed by atoms with Crippen molar-refractivity contribution in [3.05, 3.63) is 23.8 Å². The first-order valence-corrected chi connectivity index (χ1v) is 9.97. The summed E-state index contributed by atoms with van der Waals surface area (Å²) in [4.78, 5) is 17.1. The third-order valence-electron chi connectivity index (χ3n) is 2.47. The van der Waals surface area contributed by atoms with Gasteiger partial charge in [-0.2, -0.15) is 0 Å². The Morgan fingerprint density at radius 2 is 1.95 bits per heavy atom. The molecule has 0 bridgehead atoms. The molecule has 1 amide bonds. The molecule has 0 saturated heterocycles. The molecule has 20 heavy (non-hydrogen) atoms. The monoisotopic (exact) mass is 297 g/mol. The number of benzene rings is 1. The van der Waals surface area contributed by atoms with Gasteiger partial charge in [0.2, 0.25) is 8.32 Å². The van der Waals surface area contributed by atoms with Crippen LogP contribution in [0.1, 0.15) is 17.3 Å². The third kappa shape index (κ3) is 4.54. The van der Waals surface area contributed by atoms with Gasteiger partial charge in [0.05, 0.1) is 19.3 Å². The van der Waals surface area contributed by atoms with E-state index in [1.165, 1.54) is 7.11 Å². The van der Waals surface area contributed by atoms with Gasteiger partial charge in [-0.15, -0.1) is 0 Å². The van der Waals surface area contributed by atoms with Crippen molar-refractivity contribution in [1.82, 2.24) is 5.06 Å². The Morgan fingerprint density at radius 3 is 2.45 bits per heavy atom. The average molecular weight is 297 g/mol. The smallest absolute Gasteiger partial charge is 0.280 e. The first-order valence-electron chi connectivity index (χ1n) is 6.56. The molecule has 0 fully saturated rings. The Morgan fingerprint density at radius 1 is 1.30 bits per heavy atom. The second kappa shape index (κ2) is 6.76. The first-order chi connectivity index (χ1) is 9.28. The largest absolute Gasteiger partial charge is 0.544 e. The van der Waals surface area contributed by atoms with Gasteiger partial charge in [-0.3, -0.25) is 9.63 Å². The zero-order valence-corrected chi connectivity index (χ0v) is 14.0. The summed E-state index contributed by atoms with van der Waals surface area (Å²) in [5.74, 6) is 0.983. The number of hydrogen-bond acceptors (Lipinski definition) is 4. The Hall–Kier alpha value is -1.53. The molecule has 1 aromatic carbocycles. The SMILES string of the molecule is CCOc1cc(O[Si](C)(C)C)ccc1C(=O)N(C)OC. The standard InChI is InChI=1S/C14H23NO4Si/c1-7-18-13-10-11(19-20(4,5)6)8-9-12(13)14(16)15(2)17-3/h8-10H,7H2,1-6H3. The lowest BCUT2D eigenvalue weighted by atomic mass is 10.2. The number of carbonyl (C=O) groups excluding carboxylic acids is 1. The first kappa shape index (κ1) is 16.5. The molecular weight excluding hydrogens is 274 g/mol. The maximum Gasteiger partial charge on any atom is 0.280 e. The zero-order valence-electron chi connectivity index (χ0n) is 13.0. The quantitative estimate of drug-likeness (QED) is 0.598. The molecule has 1 rings (SSSR count). The number of hydroxylamine groups is 2. The molecule has 1 aromatic rings. The van der Waals surface area contributed by atoms with Gasteiger partial charge in [-0.1, -0.05) is 0 Å². The maximum atomic E-state index is 12.2. The molecule has 5 nitrogen and oxygen atoms in total. The highest BCUT2D eigenvalue weighted by Crippen LogP contribution is 2.27. The van der Waals surface area contributed by atoms with E-state index in [2.05, 4.69) is 19.6 Å². The lowest BCUT2D eigenvalue weighted by Crippen LogP contribution is -2.29. The van der Waals surface area contributed by atoms with Crippen molar-refractivity contribution in [3.63, 3.8) is 0 Å². The van der Waals surface area contributed by atoms with E-state index < -0.39 is 8.32 Å². The van der Waals surface area contributed by atoms with Crippen LogP contribution in [0.4, 0.5) is 0 Å². The molecule has 0 radical (unpaired) electrons. The van der Waals surface area contributed by atoms with Crippen LogP contribution < -0.4 is 9.16 Å². The fourth-order valence-electron chi connectivity index (χ4n) is 1.62. The number of nitrogens with zero attached hydrogens (tertiary/aromatic N) is 1. The van der Waals surface area contributed by atoms with Crippen molar-refractivity contribution < 1.29 is 18.8 Å². The van der Waals surface area contributed by atoms with Crippen molar-refractivity contribution in [2.24, 2.45) is 0 Å². The number of amides is 1. The van der Waals surface area contributed by atoms with E-state index in [0.717, 1.165) is 10.8 Å². The zero-order chi connectivity index (χ0) is 15.3. The molecule has 0 aromatic heterocycles. The summed E-state index contributed by atoms with van der Waals surface area (Å²) in [7, 11) is 1.31. The maximum absolute atomic E-state index is 12.2. The van der Waals surface area contributed by atoms with E-state index in [1.807, 2.05) is 6.92 Å². The topological polar surface area (TPSA) is 48.0 Å². The number of carbonyl (C=O) groups is 1. The number of hydrogen-bond donors (Lipinski definition) is 0. The van der Waals surface area contributed by atoms with Crippen LogP contribution in [0.15, 0.2) is 18.2 Å². The molecule has 6 heteroatoms. The highest BCUT2D eigenvalue weighted by Gasteiger charge is 2.20. The lowest BCUT2D eigenvalue weighted by molar-refractivity contribution is -0.0758. The second-order valence-electron chi connectivity index (χ2n) is 5.29. The van der Waals surface area contributed by atoms with Gasteiger partial charge in [-0.25, -0.2) is 5.06 Å². The van der Waals surface area contributed by atoms with Gasteiger partial charge < -0.3 is 9.16 Å². The highest BCUT2D eigenvalue weighted by atomic mass is 28.4. The predicted molar refractivity (Wildman–Crippen MR) is 80.7 cm³/mol. The highest BCUT2D eigenvalue weighted by molar-refractivity contribution is 6.70. The van der Waals surface area contributed by atoms with E-state index in [1.54, 1.807) is 25.2 Å². The average Bonchev–Trinajstić information content (AvgIpc) is 2.36. The van der Waals surface area contributed by atoms with E-state index in [4.69, 9.17) is 14.0 Å². The molecular formula is C14H23NO4Si. The fourth-order valence-corrected chi connectivity index (χ4v) is 2.46. The number of rotatable bonds is 6. The van der Waals surface area contributed by atoms with Crippen LogP contribution in [-0.4, -0.2) is 40.1 Å². The Labute approximate surface area is 121 Å². The van der Waals surface area contributed by atoms with Crippen LogP contribution in [0.25, 0.3) is 0 Å². The lowest BCUT2D eigenvalue weighted by Gasteiger charge is -2.21. The van der Waals surface area contributed by atoms with Gasteiger partial charge in [0.1, 0.15) is 11.5 Å². The summed E-state index contributed by atoms with van der Waals surface area (Å²) < 4.78 is 11.5. The second-order valence-corrected chi connectivity index (χ2v) is 9.72. The Kier molecular flexibility index (Phi) is 5.59. The summed E-state index contributed by atoms with van der Waals surface area (Å²) >= 11 is 0. The van der Waals surface area contributed by atoms with Crippen molar-refractivity contribution in [2.45, 2.75) is 26.6 Å². The number of ether oxygens (including phenoxy) is 1. The summed E-state index contributed by atoms with van der Waals surface area (Å²) in [5.41, 5.74) is 0.458. The van der Waals surface area contributed by atoms with Gasteiger partial charge in [0.25, 0.3) is 5.91 Å². The molecule has 0 heterocycles. The molecule has 0 saturated carbocycles. The van der Waals surface area contributed by atoms with Gasteiger partial charge >= 0.3 is 0 Å². The van der Waals surface area contributed by atoms with Crippen LogP contribution >= 0.6 is 0 Å². The van der Waals surface area contributed by atoms with Crippen molar-refractivity contribution in [3.8, 4) is 11.5 Å². The van der Waals surface area contributed by atoms with E-state index in [0.29, 0.717) is 17.9 Å². The molecule has 0 aliphatic carbocycles. The van der Waals surface area contributed by atoms with Crippen molar-refractivity contribution in [1.29, 1.82) is 0 Å². The molecule has 0 aliphatic heterocycles. The van der Waals surface area contributed by atoms with E-state index in [-0.39, 0.29) is 5.91 Å². The third-order valence-corrected chi connectivity index (χ3v) is 3.32. The normalized spacial score (nSPS) is 11.1. The van der Waals surface area contributed by atoms with Crippen molar-refractivity contribution in [2.75, 3.05) is 20.8 Å². The van der Waals surface area contributed by atoms with E-state index in [9.17, 15) is 4.79 Å². The Bertz CT molecular complexity index is 471. The molecule has 0 aliphatic rings. The molecule has 0 atom stereocenters. The Balaban J connectivity index is 3.10. The van der Waals surface area contributed by atoms with Crippen LogP contribution in [0.3, 0.4) is 0 Å². The van der Waals surface area contributed by atoms with Gasteiger partial charge in [-0.05, 0) is 38.7 Å². The summed E-state index contributed by atoms with van der Waals surface area (Å²) in [6.07, 6.45) is 0. The van der Waals surface area contributed by atoms with E-state index >= 15 is 0 Å². The van der Waals surface area contributed by atoms with Crippen molar-refractivity contribution >= 4 is 14.2 Å². The summed E-state index contributed by atoms with van der Waals surface area (Å²) in [6.45, 7) is 8.66. The summed E-state index contributed by atoms with van der Waals surface area (Å²) in [5, 5.41) is 1.16. The van der Waals surface area contributed by atoms with Crippen LogP contribution in [-0.2, 0) is 4.84 Å². The molecule has 112 valence electrons. The van der Waals surface area contributed by atoms with Gasteiger partial charge in [0, 0.05) is 13.1 Å². The van der Waals surface area contributed by atoms with Crippen LogP contribution in [0.5, 0.6) is 11.5 Å². The minimum Gasteiger partial charge on any atom is -0.544 e. The molecule has 0 unspecified atom stereocenters. The van der Waals surface area contributed by atoms with Crippen LogP contribution in [0, 0.1) is 0 Å². The molecule has 0 N–H and O–H groups in total. The minimum atomic E-state index is -1.69. The molecule has 0 spiro atoms. The minimum absolute atomic E-state index is 0.254. The van der Waals surface area contributed by atoms with Crippen LogP contribution in [0.2, 0.25) is 19.6 Å². The van der Waals surface area contributed by atoms with Gasteiger partial charge in [0.15, 0.2) is 0 Å². The summed E-state index contributed by atoms with van der Waals surface area (Å²) in [6, 6.07) is 5.26. The fraction of sp³-hybridized carbons (Fsp3) is 0.500.